The highest BCUT2D eigenvalue weighted by molar-refractivity contribution is 7.86. The molecule has 0 aliphatic carbocycles. The van der Waals surface area contributed by atoms with E-state index in [1.54, 1.807) is 12.1 Å². The molecule has 0 aliphatic rings. The summed E-state index contributed by atoms with van der Waals surface area (Å²) in [5.74, 6) is -0.518. The molecule has 0 aliphatic heterocycles. The summed E-state index contributed by atoms with van der Waals surface area (Å²) in [4.78, 5) is 0. The number of hydrogen-bond donors (Lipinski definition) is 0. The van der Waals surface area contributed by atoms with Gasteiger partial charge in [0.2, 0.25) is 0 Å². The van der Waals surface area contributed by atoms with Crippen molar-refractivity contribution in [3.8, 4) is 0 Å². The standard InChI is InChI=1S/C9H10ClFO2S/c1-7-2-3-8(9(10)6-7)4-5-14(11,12)13/h2-3,6H,4-5H2,1H3. The van der Waals surface area contributed by atoms with Crippen LogP contribution < -0.4 is 0 Å². The number of hydrogen-bond acceptors (Lipinski definition) is 2. The summed E-state index contributed by atoms with van der Waals surface area (Å²) in [5, 5.41) is 0.480. The number of benzene rings is 1. The van der Waals surface area contributed by atoms with Gasteiger partial charge in [0, 0.05) is 5.02 Å². The average Bonchev–Trinajstić information content (AvgIpc) is 2.00. The van der Waals surface area contributed by atoms with E-state index in [4.69, 9.17) is 11.6 Å². The third-order valence-electron chi connectivity index (χ3n) is 1.82. The molecule has 0 N–H and O–H groups in total. The van der Waals surface area contributed by atoms with Crippen molar-refractivity contribution in [2.24, 2.45) is 0 Å². The van der Waals surface area contributed by atoms with E-state index >= 15 is 0 Å². The van der Waals surface area contributed by atoms with Crippen LogP contribution in [0.15, 0.2) is 18.2 Å². The van der Waals surface area contributed by atoms with Gasteiger partial charge in [-0.15, -0.1) is 3.89 Å². The summed E-state index contributed by atoms with van der Waals surface area (Å²) in [6, 6.07) is 5.25. The van der Waals surface area contributed by atoms with Crippen molar-refractivity contribution in [1.29, 1.82) is 0 Å². The summed E-state index contributed by atoms with van der Waals surface area (Å²) in [6.07, 6.45) is 0.109. The first-order valence-electron chi connectivity index (χ1n) is 4.06. The molecule has 2 nitrogen and oxygen atoms in total. The second-order valence-electron chi connectivity index (χ2n) is 3.09. The van der Waals surface area contributed by atoms with E-state index in [1.165, 1.54) is 0 Å². The first-order valence-corrected chi connectivity index (χ1v) is 5.99. The predicted octanol–water partition coefficient (Wildman–Crippen LogP) is 2.49. The van der Waals surface area contributed by atoms with E-state index in [-0.39, 0.29) is 6.42 Å². The summed E-state index contributed by atoms with van der Waals surface area (Å²) in [5.41, 5.74) is 1.64. The van der Waals surface area contributed by atoms with Crippen LogP contribution in [-0.4, -0.2) is 14.2 Å². The normalized spacial score (nSPS) is 11.6. The molecule has 0 atom stereocenters. The summed E-state index contributed by atoms with van der Waals surface area (Å²) in [6.45, 7) is 1.88. The van der Waals surface area contributed by atoms with E-state index in [0.29, 0.717) is 10.6 Å². The zero-order valence-corrected chi connectivity index (χ0v) is 9.20. The van der Waals surface area contributed by atoms with Gasteiger partial charge in [-0.2, -0.15) is 8.42 Å². The van der Waals surface area contributed by atoms with Gasteiger partial charge >= 0.3 is 10.2 Å². The third kappa shape index (κ3) is 3.64. The molecule has 0 spiro atoms. The van der Waals surface area contributed by atoms with Crippen LogP contribution >= 0.6 is 11.6 Å². The summed E-state index contributed by atoms with van der Waals surface area (Å²) >= 11 is 5.84. The van der Waals surface area contributed by atoms with Crippen molar-refractivity contribution in [1.82, 2.24) is 0 Å². The lowest BCUT2D eigenvalue weighted by molar-refractivity contribution is 0.551. The second kappa shape index (κ2) is 4.28. The van der Waals surface area contributed by atoms with Crippen LogP contribution in [0.25, 0.3) is 0 Å². The minimum absolute atomic E-state index is 0.109. The fraction of sp³-hybridized carbons (Fsp3) is 0.333. The topological polar surface area (TPSA) is 34.1 Å². The first kappa shape index (κ1) is 11.5. The molecule has 78 valence electrons. The first-order chi connectivity index (χ1) is 6.38. The highest BCUT2D eigenvalue weighted by Crippen LogP contribution is 2.18. The van der Waals surface area contributed by atoms with Crippen molar-refractivity contribution in [2.45, 2.75) is 13.3 Å². The molecule has 0 bridgehead atoms. The van der Waals surface area contributed by atoms with Gasteiger partial charge in [0.25, 0.3) is 0 Å². The van der Waals surface area contributed by atoms with E-state index in [9.17, 15) is 12.3 Å². The Morgan fingerprint density at radius 3 is 2.57 bits per heavy atom. The van der Waals surface area contributed by atoms with Gasteiger partial charge in [0.1, 0.15) is 0 Å². The predicted molar refractivity (Wildman–Crippen MR) is 54.8 cm³/mol. The molecule has 1 rings (SSSR count). The summed E-state index contributed by atoms with van der Waals surface area (Å²) in [7, 11) is -4.41. The van der Waals surface area contributed by atoms with Crippen LogP contribution in [0.1, 0.15) is 11.1 Å². The number of rotatable bonds is 3. The Morgan fingerprint density at radius 1 is 1.43 bits per heavy atom. The van der Waals surface area contributed by atoms with Crippen molar-refractivity contribution in [3.63, 3.8) is 0 Å². The van der Waals surface area contributed by atoms with Crippen LogP contribution in [0.5, 0.6) is 0 Å². The Kier molecular flexibility index (Phi) is 3.50. The van der Waals surface area contributed by atoms with Gasteiger partial charge < -0.3 is 0 Å². The molecule has 1 aromatic rings. The lowest BCUT2D eigenvalue weighted by Gasteiger charge is -2.02. The Morgan fingerprint density at radius 2 is 2.07 bits per heavy atom. The maximum atomic E-state index is 12.2. The number of aryl methyl sites for hydroxylation is 2. The average molecular weight is 237 g/mol. The van der Waals surface area contributed by atoms with Gasteiger partial charge in [-0.1, -0.05) is 23.7 Å². The zero-order chi connectivity index (χ0) is 10.8. The lowest BCUT2D eigenvalue weighted by Crippen LogP contribution is -2.02. The van der Waals surface area contributed by atoms with Gasteiger partial charge in [-0.05, 0) is 30.5 Å². The second-order valence-corrected chi connectivity index (χ2v) is 4.98. The minimum Gasteiger partial charge on any atom is -0.195 e. The molecule has 0 amide bonds. The van der Waals surface area contributed by atoms with E-state index in [2.05, 4.69) is 0 Å². The van der Waals surface area contributed by atoms with Crippen molar-refractivity contribution < 1.29 is 12.3 Å². The van der Waals surface area contributed by atoms with E-state index in [1.807, 2.05) is 13.0 Å². The fourth-order valence-corrected chi connectivity index (χ4v) is 1.88. The van der Waals surface area contributed by atoms with Crippen LogP contribution in [0.4, 0.5) is 3.89 Å². The molecule has 14 heavy (non-hydrogen) atoms. The van der Waals surface area contributed by atoms with E-state index in [0.717, 1.165) is 5.56 Å². The molecular weight excluding hydrogens is 227 g/mol. The lowest BCUT2D eigenvalue weighted by atomic mass is 10.1. The zero-order valence-electron chi connectivity index (χ0n) is 7.63. The Labute approximate surface area is 87.9 Å². The Balaban J connectivity index is 2.78. The molecule has 0 saturated heterocycles. The third-order valence-corrected chi connectivity index (χ3v) is 2.87. The fourth-order valence-electron chi connectivity index (χ4n) is 1.09. The number of halogens is 2. The molecule has 0 unspecified atom stereocenters. The molecular formula is C9H10ClFO2S. The molecule has 0 aromatic heterocycles. The summed E-state index contributed by atoms with van der Waals surface area (Å²) < 4.78 is 32.8. The van der Waals surface area contributed by atoms with Gasteiger partial charge in [-0.25, -0.2) is 0 Å². The smallest absolute Gasteiger partial charge is 0.195 e. The van der Waals surface area contributed by atoms with Gasteiger partial charge in [-0.3, -0.25) is 0 Å². The quantitative estimate of drug-likeness (QED) is 0.756. The molecule has 5 heteroatoms. The highest BCUT2D eigenvalue weighted by Gasteiger charge is 2.09. The Hall–Kier alpha value is -0.610. The Bertz CT molecular complexity index is 428. The van der Waals surface area contributed by atoms with Crippen LogP contribution in [0.2, 0.25) is 5.02 Å². The molecule has 0 fully saturated rings. The van der Waals surface area contributed by atoms with Crippen LogP contribution in [0.3, 0.4) is 0 Å². The van der Waals surface area contributed by atoms with Gasteiger partial charge in [0.05, 0.1) is 5.75 Å². The molecule has 0 saturated carbocycles. The van der Waals surface area contributed by atoms with Crippen molar-refractivity contribution in [2.75, 3.05) is 5.75 Å². The van der Waals surface area contributed by atoms with Crippen LogP contribution in [-0.2, 0) is 16.6 Å². The molecule has 1 aromatic carbocycles. The SMILES string of the molecule is Cc1ccc(CCS(=O)(=O)F)c(Cl)c1. The maximum absolute atomic E-state index is 12.2. The van der Waals surface area contributed by atoms with Gasteiger partial charge in [0.15, 0.2) is 0 Å². The largest absolute Gasteiger partial charge is 0.302 e. The van der Waals surface area contributed by atoms with Crippen molar-refractivity contribution >= 4 is 21.8 Å². The minimum atomic E-state index is -4.41. The van der Waals surface area contributed by atoms with Crippen LogP contribution in [0, 0.1) is 6.92 Å². The molecule has 0 heterocycles. The van der Waals surface area contributed by atoms with Crippen molar-refractivity contribution in [3.05, 3.63) is 34.3 Å². The monoisotopic (exact) mass is 236 g/mol. The molecule has 0 radical (unpaired) electrons. The van der Waals surface area contributed by atoms with E-state index < -0.39 is 16.0 Å². The maximum Gasteiger partial charge on any atom is 0.302 e. The highest BCUT2D eigenvalue weighted by atomic mass is 35.5.